The van der Waals surface area contributed by atoms with Gasteiger partial charge in [-0.1, -0.05) is 240 Å². The van der Waals surface area contributed by atoms with Gasteiger partial charge in [0, 0.05) is 0 Å². The van der Waals surface area contributed by atoms with Gasteiger partial charge >= 0.3 is 20.1 Å². The zero-order valence-electron chi connectivity index (χ0n) is 60.3. The van der Waals surface area contributed by atoms with E-state index in [1.165, 1.54) is 66.5 Å². The van der Waals surface area contributed by atoms with Crippen molar-refractivity contribution in [3.05, 3.63) is 182 Å². The summed E-state index contributed by atoms with van der Waals surface area (Å²) in [7, 11) is 0. The van der Waals surface area contributed by atoms with E-state index in [0.29, 0.717) is 0 Å². The van der Waals surface area contributed by atoms with E-state index in [2.05, 4.69) is 395 Å². The molecular weight excluding hydrogens is 1830 g/mol. The van der Waals surface area contributed by atoms with Crippen LogP contribution in [0.15, 0.2) is 136 Å². The van der Waals surface area contributed by atoms with Crippen LogP contribution in [0, 0.1) is 22.6 Å². The molecule has 0 aliphatic carbocycles. The van der Waals surface area contributed by atoms with Crippen molar-refractivity contribution in [3.8, 4) is 0 Å². The second kappa shape index (κ2) is 28.9. The van der Waals surface area contributed by atoms with Crippen LogP contribution in [-0.4, -0.2) is 20.1 Å². The summed E-state index contributed by atoms with van der Waals surface area (Å²) in [4.78, 5) is 0. The van der Waals surface area contributed by atoms with Crippen molar-refractivity contribution in [2.75, 3.05) is 0 Å². The second-order valence-electron chi connectivity index (χ2n) is 34.4. The Morgan fingerprint density at radius 3 is 0.419 bits per heavy atom. The summed E-state index contributed by atoms with van der Waals surface area (Å²) in [5, 5.41) is 0. The third-order valence-electron chi connectivity index (χ3n) is 17.1. The highest BCUT2D eigenvalue weighted by Crippen LogP contribution is 2.38. The van der Waals surface area contributed by atoms with E-state index < -0.39 is 0 Å². The van der Waals surface area contributed by atoms with Crippen molar-refractivity contribution < 1.29 is 26.5 Å². The molecule has 3 aromatic carbocycles. The summed E-state index contributed by atoms with van der Waals surface area (Å²) >= 11 is 13.5. The Morgan fingerprint density at radius 1 is 0.204 bits per heavy atom. The van der Waals surface area contributed by atoms with Gasteiger partial charge in [-0.3, -0.25) is 0 Å². The van der Waals surface area contributed by atoms with Gasteiger partial charge in [-0.05, 0) is 307 Å². The maximum Gasteiger partial charge on any atom is 0.332 e. The topological polar surface area (TPSA) is 78.8 Å². The smallest absolute Gasteiger partial charge is 0.332 e. The van der Waals surface area contributed by atoms with Crippen LogP contribution in [0.3, 0.4) is 0 Å². The van der Waals surface area contributed by atoms with Gasteiger partial charge in [0.05, 0.1) is 34.0 Å². The molecule has 0 spiro atoms. The fourth-order valence-electron chi connectivity index (χ4n) is 12.1. The predicted octanol–water partition coefficient (Wildman–Crippen LogP) is 19.5. The first kappa shape index (κ1) is 78.3. The molecule has 9 aromatic rings. The standard InChI is InChI=1S/3C26H33BI2O2/c3*1-24(2,3)16-14-17(25(4,5)6)23(18(15-16)26(7,8)9)27(19-10-12-21(28)30-19)20-11-13-22(29)31-20/h3*10-15H,1-9H3. The Morgan fingerprint density at radius 2 is 0.333 bits per heavy atom. The Hall–Kier alpha value is -2.09. The number of rotatable bonds is 9. The monoisotopic (exact) mass is 1930 g/mol. The van der Waals surface area contributed by atoms with E-state index in [4.69, 9.17) is 26.5 Å². The number of furan rings is 6. The van der Waals surface area contributed by atoms with Crippen LogP contribution < -0.4 is 50.3 Å². The molecule has 0 saturated heterocycles. The molecule has 6 nitrogen and oxygen atoms in total. The molecule has 93 heavy (non-hydrogen) atoms. The maximum atomic E-state index is 6.22. The lowest BCUT2D eigenvalue weighted by molar-refractivity contribution is 0.548. The zero-order chi connectivity index (χ0) is 70.1. The molecule has 0 N–H and O–H groups in total. The van der Waals surface area contributed by atoms with Crippen LogP contribution in [0.25, 0.3) is 0 Å². The highest BCUT2D eigenvalue weighted by Gasteiger charge is 2.43. The molecule has 0 aliphatic heterocycles. The van der Waals surface area contributed by atoms with Crippen LogP contribution >= 0.6 is 136 Å². The van der Waals surface area contributed by atoms with Gasteiger partial charge in [-0.15, -0.1) is 0 Å². The largest absolute Gasteiger partial charge is 0.464 e. The van der Waals surface area contributed by atoms with E-state index in [-0.39, 0.29) is 68.9 Å². The Balaban J connectivity index is 0.000000198. The number of hydrogen-bond acceptors (Lipinski definition) is 6. The maximum absolute atomic E-state index is 6.22. The van der Waals surface area contributed by atoms with E-state index in [1.807, 2.05) is 36.4 Å². The highest BCUT2D eigenvalue weighted by molar-refractivity contribution is 14.1. The van der Waals surface area contributed by atoms with Crippen LogP contribution in [0.2, 0.25) is 0 Å². The summed E-state index contributed by atoms with van der Waals surface area (Å²) in [6, 6.07) is 39.3. The molecule has 0 atom stereocenters. The van der Waals surface area contributed by atoms with Gasteiger partial charge in [-0.2, -0.15) is 0 Å². The summed E-state index contributed by atoms with van der Waals surface area (Å²) in [5.74, 6) is 0. The van der Waals surface area contributed by atoms with Gasteiger partial charge < -0.3 is 26.5 Å². The van der Waals surface area contributed by atoms with Crippen molar-refractivity contribution in [1.82, 2.24) is 0 Å². The molecule has 15 heteroatoms. The zero-order valence-corrected chi connectivity index (χ0v) is 73.3. The molecular formula is C78H99B3I6O6. The summed E-state index contributed by atoms with van der Waals surface area (Å²) < 4.78 is 42.7. The van der Waals surface area contributed by atoms with E-state index in [9.17, 15) is 0 Å². The lowest BCUT2D eigenvalue weighted by atomic mass is 9.38. The molecule has 498 valence electrons. The van der Waals surface area contributed by atoms with Gasteiger partial charge in [0.25, 0.3) is 0 Å². The van der Waals surface area contributed by atoms with Crippen molar-refractivity contribution in [3.63, 3.8) is 0 Å². The first-order chi connectivity index (χ1) is 42.3. The van der Waals surface area contributed by atoms with Crippen LogP contribution in [0.1, 0.15) is 237 Å². The summed E-state index contributed by atoms with van der Waals surface area (Å²) in [6.45, 7) is 61.9. The number of hydrogen-bond donors (Lipinski definition) is 0. The third-order valence-corrected chi connectivity index (χ3v) is 20.6. The first-order valence-corrected chi connectivity index (χ1v) is 38.8. The molecule has 9 rings (SSSR count). The van der Waals surface area contributed by atoms with Crippen molar-refractivity contribution in [2.24, 2.45) is 0 Å². The summed E-state index contributed by atoms with van der Waals surface area (Å²) in [5.41, 5.74) is 21.7. The molecule has 0 radical (unpaired) electrons. The predicted molar refractivity (Wildman–Crippen MR) is 450 cm³/mol. The first-order valence-electron chi connectivity index (χ1n) is 32.4. The molecule has 0 amide bonds. The van der Waals surface area contributed by atoms with Crippen molar-refractivity contribution in [2.45, 2.75) is 236 Å². The molecule has 0 aliphatic rings. The normalized spacial score (nSPS) is 13.0. The van der Waals surface area contributed by atoms with Gasteiger partial charge in [0.2, 0.25) is 0 Å². The average molecular weight is 1930 g/mol. The Kier molecular flexibility index (Phi) is 24.3. The van der Waals surface area contributed by atoms with Crippen LogP contribution in [0.5, 0.6) is 0 Å². The lowest BCUT2D eigenvalue weighted by Crippen LogP contribution is -2.56. The van der Waals surface area contributed by atoms with Gasteiger partial charge in [0.1, 0.15) is 0 Å². The van der Waals surface area contributed by atoms with E-state index >= 15 is 0 Å². The minimum absolute atomic E-state index is 0.0334. The van der Waals surface area contributed by atoms with Crippen molar-refractivity contribution in [1.29, 1.82) is 0 Å². The summed E-state index contributed by atoms with van der Waals surface area (Å²) in [6.07, 6.45) is 0. The van der Waals surface area contributed by atoms with Crippen molar-refractivity contribution >= 4 is 206 Å². The molecule has 0 unspecified atom stereocenters. The van der Waals surface area contributed by atoms with E-state index in [0.717, 1.165) is 56.6 Å². The SMILES string of the molecule is CC(C)(C)c1cc(C(C)(C)C)c(B(c2ccc(I)o2)c2ccc(I)o2)c(C(C)(C)C)c1.CC(C)(C)c1cc(C(C)(C)C)c(B(c2ccc(I)o2)c2ccc(I)o2)c(C(C)(C)C)c1.CC(C)(C)c1cc(C(C)(C)C)c(B(c2ccc(I)o2)c2ccc(I)o2)c(C(C)(C)C)c1. The fourth-order valence-corrected chi connectivity index (χ4v) is 14.7. The Labute approximate surface area is 642 Å². The molecule has 0 fully saturated rings. The highest BCUT2D eigenvalue weighted by atomic mass is 127. The minimum atomic E-state index is -0.0931. The van der Waals surface area contributed by atoms with Crippen LogP contribution in [0.4, 0.5) is 0 Å². The third kappa shape index (κ3) is 19.3. The van der Waals surface area contributed by atoms with Gasteiger partial charge in [0.15, 0.2) is 22.6 Å². The lowest BCUT2D eigenvalue weighted by Gasteiger charge is -2.35. The molecule has 0 bridgehead atoms. The second-order valence-corrected chi connectivity index (χ2v) is 40.7. The molecule has 6 heterocycles. The quantitative estimate of drug-likeness (QED) is 0.106. The van der Waals surface area contributed by atoms with Crippen LogP contribution in [-0.2, 0) is 48.7 Å². The minimum Gasteiger partial charge on any atom is -0.464 e. The fraction of sp³-hybridized carbons (Fsp3) is 0.462. The molecule has 0 saturated carbocycles. The number of benzene rings is 3. The Bertz CT molecular complexity index is 3400. The van der Waals surface area contributed by atoms with Gasteiger partial charge in [-0.25, -0.2) is 0 Å². The number of halogens is 6. The average Bonchev–Trinajstić information content (AvgIpc) is 1.76. The molecule has 6 aromatic heterocycles. The van der Waals surface area contributed by atoms with E-state index in [1.54, 1.807) is 0 Å².